The summed E-state index contributed by atoms with van der Waals surface area (Å²) >= 11 is 0. The molecule has 0 aromatic heterocycles. The third-order valence-corrected chi connectivity index (χ3v) is 5.19. The van der Waals surface area contributed by atoms with Gasteiger partial charge in [-0.2, -0.15) is 0 Å². The van der Waals surface area contributed by atoms with Crippen molar-refractivity contribution in [3.63, 3.8) is 0 Å². The summed E-state index contributed by atoms with van der Waals surface area (Å²) in [5.74, 6) is 0. The van der Waals surface area contributed by atoms with Gasteiger partial charge in [0.25, 0.3) is 0 Å². The van der Waals surface area contributed by atoms with E-state index in [9.17, 15) is 0 Å². The molecule has 0 aliphatic heterocycles. The summed E-state index contributed by atoms with van der Waals surface area (Å²) < 4.78 is 0. The molecule has 0 radical (unpaired) electrons. The van der Waals surface area contributed by atoms with Crippen LogP contribution < -0.4 is 0 Å². The van der Waals surface area contributed by atoms with Gasteiger partial charge in [0, 0.05) is 58.2 Å². The van der Waals surface area contributed by atoms with Gasteiger partial charge in [-0.1, -0.05) is 57.2 Å². The predicted octanol–water partition coefficient (Wildman–Crippen LogP) is 7.27. The number of aliphatic imine (C=N–C) groups is 1. The van der Waals surface area contributed by atoms with E-state index in [0.717, 1.165) is 18.5 Å². The first-order chi connectivity index (χ1) is 13.2. The van der Waals surface area contributed by atoms with Crippen molar-refractivity contribution in [1.82, 2.24) is 0 Å². The number of rotatable bonds is 2. The summed E-state index contributed by atoms with van der Waals surface area (Å²) in [6, 6.07) is 20.6. The van der Waals surface area contributed by atoms with Crippen molar-refractivity contribution < 1.29 is 46.9 Å². The van der Waals surface area contributed by atoms with Crippen LogP contribution in [0.3, 0.4) is 0 Å². The number of aryl methyl sites for hydroxylation is 1. The molecule has 0 saturated heterocycles. The second-order valence-corrected chi connectivity index (χ2v) is 6.77. The zero-order chi connectivity index (χ0) is 19.4. The molecule has 3 aromatic rings. The molecule has 3 aromatic carbocycles. The van der Waals surface area contributed by atoms with Crippen molar-refractivity contribution in [2.45, 2.75) is 47.5 Å². The molecule has 2 heteroatoms. The summed E-state index contributed by atoms with van der Waals surface area (Å²) in [5.41, 5.74) is 8.93. The molecule has 0 atom stereocenters. The first kappa shape index (κ1) is 23.1. The van der Waals surface area contributed by atoms with E-state index in [0.29, 0.717) is 0 Å². The SMILES string of the molecule is CC.CC=C(C)c1ccccc1N=C1Cc2c(C)[c-]c3ccccc3c2C1.[Yb]. The van der Waals surface area contributed by atoms with Gasteiger partial charge in [0.15, 0.2) is 0 Å². The Labute approximate surface area is 208 Å². The molecule has 152 valence electrons. The van der Waals surface area contributed by atoms with E-state index in [1.807, 2.05) is 13.8 Å². The van der Waals surface area contributed by atoms with Crippen LogP contribution in [0.1, 0.15) is 49.9 Å². The molecule has 0 saturated carbocycles. The summed E-state index contributed by atoms with van der Waals surface area (Å²) in [6.45, 7) is 10.4. The fraction of sp³-hybridized carbons (Fsp3) is 0.269. The molecule has 1 aliphatic carbocycles. The average molecular weight is 528 g/mol. The summed E-state index contributed by atoms with van der Waals surface area (Å²) in [6.07, 6.45) is 4.02. The third-order valence-electron chi connectivity index (χ3n) is 5.19. The molecule has 1 aliphatic rings. The number of hydrogen-bond donors (Lipinski definition) is 0. The topological polar surface area (TPSA) is 12.4 Å². The number of hydrogen-bond acceptors (Lipinski definition) is 1. The van der Waals surface area contributed by atoms with Gasteiger partial charge < -0.3 is 0 Å². The van der Waals surface area contributed by atoms with Crippen LogP contribution in [0.4, 0.5) is 5.69 Å². The Kier molecular flexibility index (Phi) is 8.74. The van der Waals surface area contributed by atoms with Crippen LogP contribution in [-0.4, -0.2) is 5.71 Å². The maximum atomic E-state index is 5.05. The summed E-state index contributed by atoms with van der Waals surface area (Å²) in [4.78, 5) is 5.05. The van der Waals surface area contributed by atoms with Crippen molar-refractivity contribution in [2.24, 2.45) is 4.99 Å². The summed E-state index contributed by atoms with van der Waals surface area (Å²) in [7, 11) is 0. The van der Waals surface area contributed by atoms with Gasteiger partial charge in [0.1, 0.15) is 0 Å². The summed E-state index contributed by atoms with van der Waals surface area (Å²) in [5, 5.41) is 2.54. The molecular weight excluding hydrogens is 499 g/mol. The van der Waals surface area contributed by atoms with E-state index < -0.39 is 0 Å². The van der Waals surface area contributed by atoms with Gasteiger partial charge in [-0.15, -0.1) is 45.7 Å². The fourth-order valence-electron chi connectivity index (χ4n) is 3.74. The van der Waals surface area contributed by atoms with Gasteiger partial charge in [0.05, 0.1) is 5.69 Å². The van der Waals surface area contributed by atoms with Crippen molar-refractivity contribution in [2.75, 3.05) is 0 Å². The van der Waals surface area contributed by atoms with Crippen molar-refractivity contribution >= 4 is 27.7 Å². The Hall–Kier alpha value is -1.15. The molecule has 0 fully saturated rings. The van der Waals surface area contributed by atoms with Crippen LogP contribution in [0.15, 0.2) is 59.6 Å². The Balaban J connectivity index is 0.000000906. The number of nitrogens with zero attached hydrogens (tertiary/aromatic N) is 1. The van der Waals surface area contributed by atoms with Crippen molar-refractivity contribution in [3.8, 4) is 0 Å². The Morgan fingerprint density at radius 1 is 0.964 bits per heavy atom. The van der Waals surface area contributed by atoms with E-state index in [2.05, 4.69) is 81.4 Å². The molecule has 0 unspecified atom stereocenters. The monoisotopic (exact) mass is 528 g/mol. The molecule has 0 spiro atoms. The maximum Gasteiger partial charge on any atom is 0.0703 e. The minimum atomic E-state index is 0. The number of fused-ring (bicyclic) bond motifs is 3. The molecule has 0 amide bonds. The van der Waals surface area contributed by atoms with Gasteiger partial charge in [-0.05, 0) is 38.3 Å². The molecule has 4 rings (SSSR count). The van der Waals surface area contributed by atoms with E-state index >= 15 is 0 Å². The zero-order valence-electron chi connectivity index (χ0n) is 17.3. The number of allylic oxidation sites excluding steroid dienone is 2. The Bertz CT molecular complexity index is 1030. The predicted molar refractivity (Wildman–Crippen MR) is 119 cm³/mol. The van der Waals surface area contributed by atoms with E-state index in [1.165, 1.54) is 44.3 Å². The standard InChI is InChI=1S/C24H22N.C2H6.Yb/c1-4-16(2)20-10-7-8-12-24(20)25-19-14-22-17(3)13-18-9-5-6-11-21(18)23(22)15-19;1-2;/h4-12H,14-15H2,1-3H3;1-2H3;/q-1;;. The van der Waals surface area contributed by atoms with Crippen LogP contribution in [0.25, 0.3) is 16.3 Å². The van der Waals surface area contributed by atoms with Gasteiger partial charge >= 0.3 is 0 Å². The van der Waals surface area contributed by atoms with Crippen LogP contribution in [0.2, 0.25) is 0 Å². The van der Waals surface area contributed by atoms with Gasteiger partial charge in [-0.3, -0.25) is 4.99 Å². The maximum absolute atomic E-state index is 5.05. The third kappa shape index (κ3) is 4.70. The first-order valence-electron chi connectivity index (χ1n) is 9.88. The largest absolute Gasteiger partial charge is 0.257 e. The van der Waals surface area contributed by atoms with E-state index in [4.69, 9.17) is 4.99 Å². The van der Waals surface area contributed by atoms with Crippen LogP contribution in [0.5, 0.6) is 0 Å². The smallest absolute Gasteiger partial charge is 0.0703 e. The molecule has 0 N–H and O–H groups in total. The fourth-order valence-corrected chi connectivity index (χ4v) is 3.74. The Morgan fingerprint density at radius 2 is 1.61 bits per heavy atom. The van der Waals surface area contributed by atoms with E-state index in [-0.39, 0.29) is 46.9 Å². The average Bonchev–Trinajstić information content (AvgIpc) is 3.14. The molecule has 0 bridgehead atoms. The number of para-hydroxylation sites is 1. The van der Waals surface area contributed by atoms with Gasteiger partial charge in [-0.25, -0.2) is 0 Å². The quantitative estimate of drug-likeness (QED) is 0.311. The van der Waals surface area contributed by atoms with Crippen LogP contribution >= 0.6 is 0 Å². The molecule has 0 heterocycles. The molecule has 1 nitrogen and oxygen atoms in total. The normalized spacial score (nSPS) is 14.3. The zero-order valence-corrected chi connectivity index (χ0v) is 19.0. The minimum absolute atomic E-state index is 0. The van der Waals surface area contributed by atoms with Crippen molar-refractivity contribution in [3.05, 3.63) is 82.9 Å². The van der Waals surface area contributed by atoms with Crippen LogP contribution in [-0.2, 0) is 12.8 Å². The number of benzene rings is 3. The molecular formula is C26H28NYb-. The second-order valence-electron chi connectivity index (χ2n) is 6.77. The first-order valence-corrected chi connectivity index (χ1v) is 9.88. The van der Waals surface area contributed by atoms with Crippen LogP contribution in [0, 0.1) is 59.9 Å². The second kappa shape index (κ2) is 10.6. The van der Waals surface area contributed by atoms with E-state index in [1.54, 1.807) is 0 Å². The van der Waals surface area contributed by atoms with Gasteiger partial charge in [0.2, 0.25) is 0 Å². The van der Waals surface area contributed by atoms with Crippen molar-refractivity contribution in [1.29, 1.82) is 0 Å². The minimum Gasteiger partial charge on any atom is -0.257 e. The Morgan fingerprint density at radius 3 is 2.36 bits per heavy atom. The molecule has 28 heavy (non-hydrogen) atoms.